The minimum atomic E-state index is -0.613. The van der Waals surface area contributed by atoms with Crippen LogP contribution in [0.3, 0.4) is 0 Å². The van der Waals surface area contributed by atoms with Crippen LogP contribution in [-0.2, 0) is 15.9 Å². The maximum Gasteiger partial charge on any atom is 0.157 e. The third-order valence-electron chi connectivity index (χ3n) is 4.87. The fraction of sp³-hybridized carbons (Fsp3) is 0.722. The zero-order valence-corrected chi connectivity index (χ0v) is 13.8. The molecule has 3 heterocycles. The molecule has 2 saturated heterocycles. The first-order valence-corrected chi connectivity index (χ1v) is 8.81. The van der Waals surface area contributed by atoms with E-state index in [1.165, 1.54) is 6.42 Å². The number of likely N-dealkylation sites (tertiary alicyclic amines) is 1. The van der Waals surface area contributed by atoms with E-state index in [1.807, 2.05) is 18.2 Å². The second-order valence-corrected chi connectivity index (χ2v) is 6.73. The average molecular weight is 320 g/mol. The molecule has 5 nitrogen and oxygen atoms in total. The molecule has 23 heavy (non-hydrogen) atoms. The first kappa shape index (κ1) is 16.8. The van der Waals surface area contributed by atoms with Crippen LogP contribution in [0.5, 0.6) is 0 Å². The van der Waals surface area contributed by atoms with Gasteiger partial charge in [-0.05, 0) is 44.2 Å². The third-order valence-corrected chi connectivity index (χ3v) is 4.87. The second kappa shape index (κ2) is 8.20. The number of hydrogen-bond donors (Lipinski definition) is 1. The smallest absolute Gasteiger partial charge is 0.157 e. The van der Waals surface area contributed by atoms with Gasteiger partial charge in [0.2, 0.25) is 0 Å². The van der Waals surface area contributed by atoms with Crippen molar-refractivity contribution in [3.05, 3.63) is 30.1 Å². The Morgan fingerprint density at radius 2 is 2.17 bits per heavy atom. The SMILES string of the molecule is OC1(Cc2ccccn2)CCN(CCOC2CCCCO2)CC1. The van der Waals surface area contributed by atoms with E-state index in [9.17, 15) is 5.11 Å². The lowest BCUT2D eigenvalue weighted by Crippen LogP contribution is -2.46. The van der Waals surface area contributed by atoms with Crippen molar-refractivity contribution in [3.8, 4) is 0 Å². The summed E-state index contributed by atoms with van der Waals surface area (Å²) in [5.74, 6) is 0. The van der Waals surface area contributed by atoms with Gasteiger partial charge in [-0.25, -0.2) is 0 Å². The van der Waals surface area contributed by atoms with Gasteiger partial charge >= 0.3 is 0 Å². The van der Waals surface area contributed by atoms with Crippen LogP contribution in [0.2, 0.25) is 0 Å². The lowest BCUT2D eigenvalue weighted by atomic mass is 9.87. The highest BCUT2D eigenvalue weighted by atomic mass is 16.7. The molecule has 5 heteroatoms. The van der Waals surface area contributed by atoms with E-state index in [4.69, 9.17) is 9.47 Å². The summed E-state index contributed by atoms with van der Waals surface area (Å²) in [4.78, 5) is 6.70. The molecule has 0 bridgehead atoms. The first-order valence-electron chi connectivity index (χ1n) is 8.81. The normalized spacial score (nSPS) is 25.3. The Morgan fingerprint density at radius 1 is 1.30 bits per heavy atom. The van der Waals surface area contributed by atoms with E-state index in [0.29, 0.717) is 13.0 Å². The van der Waals surface area contributed by atoms with Crippen LogP contribution in [0.25, 0.3) is 0 Å². The number of rotatable bonds is 6. The van der Waals surface area contributed by atoms with Crippen molar-refractivity contribution in [1.29, 1.82) is 0 Å². The van der Waals surface area contributed by atoms with Crippen LogP contribution in [-0.4, -0.2) is 59.7 Å². The summed E-state index contributed by atoms with van der Waals surface area (Å²) in [7, 11) is 0. The standard InChI is InChI=1S/C18H28N2O3/c21-18(15-16-5-1-3-9-19-16)7-10-20(11-8-18)12-14-23-17-6-2-4-13-22-17/h1,3,5,9,17,21H,2,4,6-8,10-15H2. The molecular weight excluding hydrogens is 292 g/mol. The maximum absolute atomic E-state index is 10.8. The van der Waals surface area contributed by atoms with E-state index < -0.39 is 5.60 Å². The molecule has 1 aromatic rings. The van der Waals surface area contributed by atoms with E-state index >= 15 is 0 Å². The van der Waals surface area contributed by atoms with Gasteiger partial charge in [0, 0.05) is 44.6 Å². The van der Waals surface area contributed by atoms with Gasteiger partial charge in [-0.2, -0.15) is 0 Å². The van der Waals surface area contributed by atoms with E-state index in [2.05, 4.69) is 9.88 Å². The van der Waals surface area contributed by atoms with Crippen molar-refractivity contribution in [2.75, 3.05) is 32.8 Å². The number of aliphatic hydroxyl groups is 1. The Hall–Kier alpha value is -1.01. The number of ether oxygens (including phenoxy) is 2. The summed E-state index contributed by atoms with van der Waals surface area (Å²) >= 11 is 0. The molecule has 1 atom stereocenters. The van der Waals surface area contributed by atoms with Crippen LogP contribution in [0, 0.1) is 0 Å². The zero-order valence-electron chi connectivity index (χ0n) is 13.8. The van der Waals surface area contributed by atoms with E-state index in [0.717, 1.165) is 57.6 Å². The third kappa shape index (κ3) is 5.24. The van der Waals surface area contributed by atoms with Crippen molar-refractivity contribution < 1.29 is 14.6 Å². The number of hydrogen-bond acceptors (Lipinski definition) is 5. The minimum absolute atomic E-state index is 0.00497. The fourth-order valence-corrected chi connectivity index (χ4v) is 3.37. The molecule has 3 rings (SSSR count). The van der Waals surface area contributed by atoms with Gasteiger partial charge < -0.3 is 19.5 Å². The van der Waals surface area contributed by atoms with Gasteiger partial charge in [0.1, 0.15) is 0 Å². The quantitative estimate of drug-likeness (QED) is 0.869. The van der Waals surface area contributed by atoms with Gasteiger partial charge in [0.05, 0.1) is 12.2 Å². The van der Waals surface area contributed by atoms with Crippen molar-refractivity contribution in [2.24, 2.45) is 0 Å². The molecule has 0 aliphatic carbocycles. The molecule has 0 aromatic carbocycles. The number of piperidine rings is 1. The number of aromatic nitrogens is 1. The maximum atomic E-state index is 10.8. The number of pyridine rings is 1. The molecule has 2 aliphatic rings. The topological polar surface area (TPSA) is 54.8 Å². The average Bonchev–Trinajstić information content (AvgIpc) is 2.59. The Labute approximate surface area is 138 Å². The molecular formula is C18H28N2O3. The van der Waals surface area contributed by atoms with Crippen LogP contribution < -0.4 is 0 Å². The lowest BCUT2D eigenvalue weighted by Gasteiger charge is -2.38. The highest BCUT2D eigenvalue weighted by Gasteiger charge is 2.32. The van der Waals surface area contributed by atoms with Gasteiger partial charge in [-0.15, -0.1) is 0 Å². The van der Waals surface area contributed by atoms with Crippen molar-refractivity contribution >= 4 is 0 Å². The Balaban J connectivity index is 1.36. The summed E-state index contributed by atoms with van der Waals surface area (Å²) in [6, 6.07) is 5.88. The second-order valence-electron chi connectivity index (χ2n) is 6.73. The molecule has 2 aliphatic heterocycles. The Kier molecular flexibility index (Phi) is 6.00. The summed E-state index contributed by atoms with van der Waals surface area (Å²) in [5.41, 5.74) is 0.360. The molecule has 1 aromatic heterocycles. The summed E-state index contributed by atoms with van der Waals surface area (Å²) in [6.45, 7) is 4.29. The van der Waals surface area contributed by atoms with E-state index in [1.54, 1.807) is 6.20 Å². The molecule has 0 radical (unpaired) electrons. The van der Waals surface area contributed by atoms with Gasteiger partial charge in [-0.3, -0.25) is 4.98 Å². The number of nitrogens with zero attached hydrogens (tertiary/aromatic N) is 2. The van der Waals surface area contributed by atoms with Crippen molar-refractivity contribution in [3.63, 3.8) is 0 Å². The summed E-state index contributed by atoms with van der Waals surface area (Å²) in [5, 5.41) is 10.8. The molecule has 1 N–H and O–H groups in total. The Morgan fingerprint density at radius 3 is 2.87 bits per heavy atom. The van der Waals surface area contributed by atoms with Crippen LogP contribution in [0.15, 0.2) is 24.4 Å². The molecule has 0 spiro atoms. The van der Waals surface area contributed by atoms with E-state index in [-0.39, 0.29) is 6.29 Å². The van der Waals surface area contributed by atoms with Gasteiger partial charge in [0.15, 0.2) is 6.29 Å². The zero-order chi connectivity index (χ0) is 16.0. The predicted octanol–water partition coefficient (Wildman–Crippen LogP) is 1.99. The van der Waals surface area contributed by atoms with Crippen LogP contribution >= 0.6 is 0 Å². The Bertz CT molecular complexity index is 455. The fourth-order valence-electron chi connectivity index (χ4n) is 3.37. The first-order chi connectivity index (χ1) is 11.2. The lowest BCUT2D eigenvalue weighted by molar-refractivity contribution is -0.165. The predicted molar refractivity (Wildman–Crippen MR) is 88.1 cm³/mol. The largest absolute Gasteiger partial charge is 0.389 e. The molecule has 0 amide bonds. The van der Waals surface area contributed by atoms with Crippen LogP contribution in [0.1, 0.15) is 37.8 Å². The summed E-state index contributed by atoms with van der Waals surface area (Å²) in [6.07, 6.45) is 7.40. The van der Waals surface area contributed by atoms with Gasteiger partial charge in [0.25, 0.3) is 0 Å². The van der Waals surface area contributed by atoms with Crippen molar-refractivity contribution in [2.45, 2.75) is 50.4 Å². The molecule has 0 saturated carbocycles. The van der Waals surface area contributed by atoms with Crippen LogP contribution in [0.4, 0.5) is 0 Å². The molecule has 128 valence electrons. The molecule has 2 fully saturated rings. The highest BCUT2D eigenvalue weighted by Crippen LogP contribution is 2.25. The minimum Gasteiger partial charge on any atom is -0.389 e. The molecule has 1 unspecified atom stereocenters. The van der Waals surface area contributed by atoms with Crippen molar-refractivity contribution in [1.82, 2.24) is 9.88 Å². The van der Waals surface area contributed by atoms with Gasteiger partial charge in [-0.1, -0.05) is 6.07 Å². The monoisotopic (exact) mass is 320 g/mol. The highest BCUT2D eigenvalue weighted by molar-refractivity contribution is 5.07. The summed E-state index contributed by atoms with van der Waals surface area (Å²) < 4.78 is 11.4.